The van der Waals surface area contributed by atoms with Crippen LogP contribution >= 0.6 is 0 Å². The van der Waals surface area contributed by atoms with Gasteiger partial charge < -0.3 is 9.64 Å². The minimum atomic E-state index is -0.00643. The predicted octanol–water partition coefficient (Wildman–Crippen LogP) is 1.89. The lowest BCUT2D eigenvalue weighted by atomic mass is 10.0. The Morgan fingerprint density at radius 2 is 2.00 bits per heavy atom. The first-order chi connectivity index (χ1) is 14.7. The van der Waals surface area contributed by atoms with Gasteiger partial charge in [-0.15, -0.1) is 0 Å². The van der Waals surface area contributed by atoms with Gasteiger partial charge in [0.25, 0.3) is 5.91 Å². The van der Waals surface area contributed by atoms with Crippen LogP contribution in [0.25, 0.3) is 5.65 Å². The summed E-state index contributed by atoms with van der Waals surface area (Å²) in [5.74, 6) is 0.228. The molecular formula is C22H26N6O2. The average Bonchev–Trinajstić information content (AvgIpc) is 3.40. The van der Waals surface area contributed by atoms with Crippen molar-refractivity contribution in [2.75, 3.05) is 39.4 Å². The number of aryl methyl sites for hydroxylation is 1. The second-order valence-corrected chi connectivity index (χ2v) is 8.01. The van der Waals surface area contributed by atoms with E-state index in [1.54, 1.807) is 12.3 Å². The number of pyridine rings is 1. The first-order valence-electron chi connectivity index (χ1n) is 10.5. The van der Waals surface area contributed by atoms with E-state index in [2.05, 4.69) is 21.8 Å². The minimum Gasteiger partial charge on any atom is -0.379 e. The topological polar surface area (TPSA) is 75.9 Å². The lowest BCUT2D eigenvalue weighted by Gasteiger charge is -2.26. The minimum absolute atomic E-state index is 0.00643. The number of carbonyl (C=O) groups is 1. The number of hydrogen-bond acceptors (Lipinski definition) is 6. The summed E-state index contributed by atoms with van der Waals surface area (Å²) in [7, 11) is 0. The van der Waals surface area contributed by atoms with Gasteiger partial charge in [0.15, 0.2) is 5.65 Å². The molecule has 5 heterocycles. The largest absolute Gasteiger partial charge is 0.379 e. The highest BCUT2D eigenvalue weighted by atomic mass is 16.5. The van der Waals surface area contributed by atoms with Crippen LogP contribution in [0.1, 0.15) is 39.8 Å². The molecule has 0 N–H and O–H groups in total. The van der Waals surface area contributed by atoms with Crippen LogP contribution in [0, 0.1) is 6.92 Å². The van der Waals surface area contributed by atoms with Gasteiger partial charge in [0.1, 0.15) is 5.69 Å². The maximum Gasteiger partial charge on any atom is 0.272 e. The quantitative estimate of drug-likeness (QED) is 0.659. The summed E-state index contributed by atoms with van der Waals surface area (Å²) in [6.07, 6.45) is 4.45. The molecule has 3 aromatic heterocycles. The molecule has 30 heavy (non-hydrogen) atoms. The number of carbonyl (C=O) groups excluding carboxylic acids is 1. The van der Waals surface area contributed by atoms with Crippen molar-refractivity contribution >= 4 is 11.6 Å². The molecule has 3 aromatic rings. The molecule has 0 aliphatic carbocycles. The molecule has 0 radical (unpaired) electrons. The fourth-order valence-corrected chi connectivity index (χ4v) is 4.43. The van der Waals surface area contributed by atoms with Crippen molar-refractivity contribution in [2.24, 2.45) is 0 Å². The predicted molar refractivity (Wildman–Crippen MR) is 111 cm³/mol. The maximum atomic E-state index is 12.8. The molecule has 8 heteroatoms. The maximum absolute atomic E-state index is 12.8. The van der Waals surface area contributed by atoms with Crippen LogP contribution in [0.2, 0.25) is 0 Å². The smallest absolute Gasteiger partial charge is 0.272 e. The standard InChI is InChI=1S/C22H26N6O2/c1-16-18(15-26-10-12-30-13-11-26)21-24-8-5-20(28(21)25-16)17-6-9-27(14-17)22(29)19-4-2-3-7-23-19/h2-5,7-8,17H,6,9-15H2,1H3. The van der Waals surface area contributed by atoms with Gasteiger partial charge in [-0.1, -0.05) is 6.07 Å². The van der Waals surface area contributed by atoms with E-state index in [1.165, 1.54) is 5.56 Å². The molecule has 8 nitrogen and oxygen atoms in total. The molecule has 1 atom stereocenters. The summed E-state index contributed by atoms with van der Waals surface area (Å²) < 4.78 is 7.46. The van der Waals surface area contributed by atoms with E-state index in [-0.39, 0.29) is 11.8 Å². The Morgan fingerprint density at radius 1 is 1.13 bits per heavy atom. The number of morpholine rings is 1. The molecule has 5 rings (SSSR count). The van der Waals surface area contributed by atoms with Gasteiger partial charge in [-0.25, -0.2) is 9.50 Å². The van der Waals surface area contributed by atoms with Crippen molar-refractivity contribution in [3.63, 3.8) is 0 Å². The molecule has 1 unspecified atom stereocenters. The zero-order chi connectivity index (χ0) is 20.5. The highest BCUT2D eigenvalue weighted by Crippen LogP contribution is 2.29. The zero-order valence-corrected chi connectivity index (χ0v) is 17.2. The third-order valence-corrected chi connectivity index (χ3v) is 6.11. The van der Waals surface area contributed by atoms with Gasteiger partial charge in [0.05, 0.1) is 24.6 Å². The second-order valence-electron chi connectivity index (χ2n) is 8.01. The number of rotatable bonds is 4. The van der Waals surface area contributed by atoms with E-state index in [0.717, 1.165) is 62.8 Å². The number of aromatic nitrogens is 4. The van der Waals surface area contributed by atoms with Gasteiger partial charge in [0, 0.05) is 56.6 Å². The SMILES string of the molecule is Cc1nn2c(C3CCN(C(=O)c4ccccn4)C3)ccnc2c1CN1CCOCC1. The summed E-state index contributed by atoms with van der Waals surface area (Å²) in [5, 5.41) is 4.83. The molecule has 0 spiro atoms. The summed E-state index contributed by atoms with van der Waals surface area (Å²) >= 11 is 0. The van der Waals surface area contributed by atoms with Gasteiger partial charge in [-0.3, -0.25) is 14.7 Å². The van der Waals surface area contributed by atoms with Crippen LogP contribution in [-0.2, 0) is 11.3 Å². The highest BCUT2D eigenvalue weighted by Gasteiger charge is 2.30. The molecular weight excluding hydrogens is 380 g/mol. The Morgan fingerprint density at radius 3 is 2.80 bits per heavy atom. The number of amides is 1. The fraction of sp³-hybridized carbons (Fsp3) is 0.455. The Balaban J connectivity index is 1.39. The first-order valence-corrected chi connectivity index (χ1v) is 10.5. The van der Waals surface area contributed by atoms with E-state index in [9.17, 15) is 4.79 Å². The van der Waals surface area contributed by atoms with E-state index in [4.69, 9.17) is 9.84 Å². The number of fused-ring (bicyclic) bond motifs is 1. The Bertz CT molecular complexity index is 1040. The fourth-order valence-electron chi connectivity index (χ4n) is 4.43. The number of likely N-dealkylation sites (tertiary alicyclic amines) is 1. The van der Waals surface area contributed by atoms with Crippen molar-refractivity contribution in [3.05, 3.63) is 59.3 Å². The van der Waals surface area contributed by atoms with Crippen LogP contribution < -0.4 is 0 Å². The van der Waals surface area contributed by atoms with Gasteiger partial charge in [-0.2, -0.15) is 5.10 Å². The molecule has 2 aliphatic rings. The molecule has 2 fully saturated rings. The van der Waals surface area contributed by atoms with Crippen LogP contribution in [0.4, 0.5) is 0 Å². The number of hydrogen-bond donors (Lipinski definition) is 0. The van der Waals surface area contributed by atoms with E-state index >= 15 is 0 Å². The number of ether oxygens (including phenoxy) is 1. The first kappa shape index (κ1) is 19.1. The van der Waals surface area contributed by atoms with E-state index in [1.807, 2.05) is 33.8 Å². The molecule has 0 bridgehead atoms. The average molecular weight is 406 g/mol. The van der Waals surface area contributed by atoms with Crippen molar-refractivity contribution < 1.29 is 9.53 Å². The van der Waals surface area contributed by atoms with Crippen LogP contribution in [0.5, 0.6) is 0 Å². The summed E-state index contributed by atoms with van der Waals surface area (Å²) in [4.78, 5) is 25.9. The third-order valence-electron chi connectivity index (χ3n) is 6.11. The lowest BCUT2D eigenvalue weighted by Crippen LogP contribution is -2.35. The molecule has 0 saturated carbocycles. The molecule has 0 aromatic carbocycles. The Kier molecular flexibility index (Phi) is 5.18. The van der Waals surface area contributed by atoms with Crippen LogP contribution in [0.3, 0.4) is 0 Å². The Labute approximate surface area is 175 Å². The van der Waals surface area contributed by atoms with Crippen LogP contribution in [-0.4, -0.2) is 74.7 Å². The van der Waals surface area contributed by atoms with E-state index in [0.29, 0.717) is 12.2 Å². The monoisotopic (exact) mass is 406 g/mol. The zero-order valence-electron chi connectivity index (χ0n) is 17.2. The van der Waals surface area contributed by atoms with Crippen LogP contribution in [0.15, 0.2) is 36.7 Å². The second kappa shape index (κ2) is 8.12. The summed E-state index contributed by atoms with van der Waals surface area (Å²) in [5.41, 5.74) is 4.73. The van der Waals surface area contributed by atoms with Gasteiger partial charge in [0.2, 0.25) is 0 Å². The van der Waals surface area contributed by atoms with Gasteiger partial charge in [-0.05, 0) is 31.5 Å². The molecule has 2 saturated heterocycles. The molecule has 156 valence electrons. The summed E-state index contributed by atoms with van der Waals surface area (Å²) in [6.45, 7) is 7.71. The van der Waals surface area contributed by atoms with Crippen molar-refractivity contribution in [2.45, 2.75) is 25.8 Å². The normalized spacial score (nSPS) is 20.2. The third kappa shape index (κ3) is 3.57. The molecule has 2 aliphatic heterocycles. The summed E-state index contributed by atoms with van der Waals surface area (Å²) in [6, 6.07) is 7.49. The highest BCUT2D eigenvalue weighted by molar-refractivity contribution is 5.92. The van der Waals surface area contributed by atoms with Crippen molar-refractivity contribution in [3.8, 4) is 0 Å². The Hall–Kier alpha value is -2.84. The van der Waals surface area contributed by atoms with E-state index < -0.39 is 0 Å². The lowest BCUT2D eigenvalue weighted by molar-refractivity contribution is 0.0342. The van der Waals surface area contributed by atoms with Crippen molar-refractivity contribution in [1.82, 2.24) is 29.4 Å². The number of nitrogens with zero attached hydrogens (tertiary/aromatic N) is 6. The molecule has 1 amide bonds. The van der Waals surface area contributed by atoms with Crippen molar-refractivity contribution in [1.29, 1.82) is 0 Å². The van der Waals surface area contributed by atoms with Gasteiger partial charge >= 0.3 is 0 Å².